The van der Waals surface area contributed by atoms with Gasteiger partial charge in [-0.25, -0.2) is 0 Å². The van der Waals surface area contributed by atoms with Crippen LogP contribution in [0.25, 0.3) is 0 Å². The molecule has 3 aromatic carbocycles. The molecule has 1 aliphatic rings. The van der Waals surface area contributed by atoms with E-state index < -0.39 is 5.92 Å². The molecule has 36 heavy (non-hydrogen) atoms. The molecule has 0 aliphatic carbocycles. The highest BCUT2D eigenvalue weighted by molar-refractivity contribution is 6.33. The van der Waals surface area contributed by atoms with Gasteiger partial charge in [0.15, 0.2) is 6.61 Å². The van der Waals surface area contributed by atoms with Crippen molar-refractivity contribution in [2.24, 2.45) is 5.92 Å². The number of carbonyl (C=O) groups is 3. The topological polar surface area (TPSA) is 97.0 Å². The number of para-hydroxylation sites is 1. The van der Waals surface area contributed by atoms with Crippen LogP contribution in [-0.4, -0.2) is 38.0 Å². The van der Waals surface area contributed by atoms with E-state index in [1.54, 1.807) is 60.5 Å². The summed E-state index contributed by atoms with van der Waals surface area (Å²) in [5.41, 5.74) is 2.12. The maximum atomic E-state index is 12.6. The smallest absolute Gasteiger partial charge is 0.262 e. The van der Waals surface area contributed by atoms with Gasteiger partial charge >= 0.3 is 0 Å². The van der Waals surface area contributed by atoms with Gasteiger partial charge in [0.2, 0.25) is 11.8 Å². The molecule has 1 atom stereocenters. The van der Waals surface area contributed by atoms with E-state index in [-0.39, 0.29) is 30.7 Å². The number of rotatable bonds is 9. The van der Waals surface area contributed by atoms with Crippen LogP contribution >= 0.6 is 11.6 Å². The van der Waals surface area contributed by atoms with Crippen molar-refractivity contribution < 1.29 is 23.9 Å². The van der Waals surface area contributed by atoms with Gasteiger partial charge < -0.3 is 25.0 Å². The Morgan fingerprint density at radius 2 is 1.69 bits per heavy atom. The lowest BCUT2D eigenvalue weighted by Gasteiger charge is -2.17. The Morgan fingerprint density at radius 1 is 1.00 bits per heavy atom. The Labute approximate surface area is 214 Å². The van der Waals surface area contributed by atoms with E-state index in [2.05, 4.69) is 10.6 Å². The summed E-state index contributed by atoms with van der Waals surface area (Å²) in [6, 6.07) is 21.2. The minimum atomic E-state index is -0.430. The van der Waals surface area contributed by atoms with Crippen LogP contribution in [0.5, 0.6) is 11.5 Å². The highest BCUT2D eigenvalue weighted by atomic mass is 35.5. The lowest BCUT2D eigenvalue weighted by atomic mass is 10.1. The molecule has 8 nitrogen and oxygen atoms in total. The van der Waals surface area contributed by atoms with E-state index in [0.717, 1.165) is 11.3 Å². The first-order chi connectivity index (χ1) is 17.4. The Bertz CT molecular complexity index is 1230. The molecule has 0 radical (unpaired) electrons. The lowest BCUT2D eigenvalue weighted by molar-refractivity contribution is -0.126. The molecule has 3 aromatic rings. The second-order valence-electron chi connectivity index (χ2n) is 8.28. The molecule has 0 spiro atoms. The number of carbonyl (C=O) groups excluding carboxylic acids is 3. The first-order valence-corrected chi connectivity index (χ1v) is 11.8. The molecule has 4 rings (SSSR count). The van der Waals surface area contributed by atoms with Gasteiger partial charge in [-0.1, -0.05) is 35.9 Å². The van der Waals surface area contributed by atoms with Crippen LogP contribution < -0.4 is 25.0 Å². The van der Waals surface area contributed by atoms with Crippen LogP contribution in [0.3, 0.4) is 0 Å². The molecule has 1 heterocycles. The van der Waals surface area contributed by atoms with E-state index in [4.69, 9.17) is 21.1 Å². The van der Waals surface area contributed by atoms with Gasteiger partial charge in [-0.05, 0) is 54.1 Å². The number of nitrogens with zero attached hydrogens (tertiary/aromatic N) is 1. The SMILES string of the molecule is COc1ccc(CNC(=O)[C@H]2CC(=O)N(c3ccc(OCC(=O)Nc4ccccc4Cl)cc3)C2)cc1. The Hall–Kier alpha value is -4.04. The third kappa shape index (κ3) is 6.34. The average molecular weight is 508 g/mol. The number of methoxy groups -OCH3 is 1. The Balaban J connectivity index is 1.26. The van der Waals surface area contributed by atoms with Crippen LogP contribution in [0, 0.1) is 5.92 Å². The molecule has 9 heteroatoms. The zero-order valence-corrected chi connectivity index (χ0v) is 20.5. The third-order valence-corrected chi connectivity index (χ3v) is 6.12. The summed E-state index contributed by atoms with van der Waals surface area (Å²) >= 11 is 6.05. The third-order valence-electron chi connectivity index (χ3n) is 5.79. The normalized spacial score (nSPS) is 14.9. The maximum absolute atomic E-state index is 12.6. The predicted octanol–water partition coefficient (Wildman–Crippen LogP) is 4.04. The predicted molar refractivity (Wildman–Crippen MR) is 137 cm³/mol. The molecule has 0 unspecified atom stereocenters. The number of ether oxygens (including phenoxy) is 2. The second-order valence-corrected chi connectivity index (χ2v) is 8.69. The molecule has 1 saturated heterocycles. The van der Waals surface area contributed by atoms with E-state index in [0.29, 0.717) is 35.2 Å². The zero-order valence-electron chi connectivity index (χ0n) is 19.7. The number of anilines is 2. The quantitative estimate of drug-likeness (QED) is 0.455. The molecule has 0 saturated carbocycles. The summed E-state index contributed by atoms with van der Waals surface area (Å²) < 4.78 is 10.7. The van der Waals surface area contributed by atoms with Gasteiger partial charge in [0.25, 0.3) is 5.91 Å². The van der Waals surface area contributed by atoms with Crippen molar-refractivity contribution in [1.82, 2.24) is 5.32 Å². The summed E-state index contributed by atoms with van der Waals surface area (Å²) in [5.74, 6) is 0.177. The van der Waals surface area contributed by atoms with Gasteiger partial charge in [0.05, 0.1) is 23.7 Å². The lowest BCUT2D eigenvalue weighted by Crippen LogP contribution is -2.32. The molecule has 1 fully saturated rings. The molecule has 186 valence electrons. The van der Waals surface area contributed by atoms with Crippen molar-refractivity contribution in [3.8, 4) is 11.5 Å². The molecular formula is C27H26ClN3O5. The van der Waals surface area contributed by atoms with Gasteiger partial charge in [0.1, 0.15) is 11.5 Å². The van der Waals surface area contributed by atoms with E-state index >= 15 is 0 Å². The highest BCUT2D eigenvalue weighted by Crippen LogP contribution is 2.27. The van der Waals surface area contributed by atoms with Gasteiger partial charge in [-0.15, -0.1) is 0 Å². The monoisotopic (exact) mass is 507 g/mol. The van der Waals surface area contributed by atoms with Gasteiger partial charge in [0, 0.05) is 25.2 Å². The summed E-state index contributed by atoms with van der Waals surface area (Å²) in [6.07, 6.45) is 0.148. The van der Waals surface area contributed by atoms with Crippen molar-refractivity contribution in [3.05, 3.63) is 83.4 Å². The number of hydrogen-bond acceptors (Lipinski definition) is 5. The average Bonchev–Trinajstić information content (AvgIpc) is 3.29. The number of amides is 3. The van der Waals surface area contributed by atoms with Crippen molar-refractivity contribution in [2.45, 2.75) is 13.0 Å². The Kier molecular flexibility index (Phi) is 8.07. The molecule has 2 N–H and O–H groups in total. The van der Waals surface area contributed by atoms with Crippen LogP contribution in [0.4, 0.5) is 11.4 Å². The van der Waals surface area contributed by atoms with Crippen LogP contribution in [0.15, 0.2) is 72.8 Å². The number of benzene rings is 3. The molecule has 3 amide bonds. The number of halogens is 1. The van der Waals surface area contributed by atoms with Crippen molar-refractivity contribution >= 4 is 40.7 Å². The van der Waals surface area contributed by atoms with Crippen molar-refractivity contribution in [2.75, 3.05) is 30.5 Å². The number of nitrogens with one attached hydrogen (secondary N) is 2. The highest BCUT2D eigenvalue weighted by Gasteiger charge is 2.35. The van der Waals surface area contributed by atoms with E-state index in [1.165, 1.54) is 0 Å². The molecule has 0 bridgehead atoms. The standard InChI is InChI=1S/C27H26ClN3O5/c1-35-21-10-6-18(7-11-21)15-29-27(34)19-14-26(33)31(16-19)20-8-12-22(13-9-20)36-17-25(32)30-24-5-3-2-4-23(24)28/h2-13,19H,14-17H2,1H3,(H,29,34)(H,30,32)/t19-/m0/s1. The summed E-state index contributed by atoms with van der Waals surface area (Å²) in [7, 11) is 1.60. The zero-order chi connectivity index (χ0) is 25.5. The number of hydrogen-bond donors (Lipinski definition) is 2. The minimum Gasteiger partial charge on any atom is -0.497 e. The maximum Gasteiger partial charge on any atom is 0.262 e. The fourth-order valence-electron chi connectivity index (χ4n) is 3.83. The molecule has 0 aromatic heterocycles. The first-order valence-electron chi connectivity index (χ1n) is 11.4. The molecule has 1 aliphatic heterocycles. The minimum absolute atomic E-state index is 0.118. The fraction of sp³-hybridized carbons (Fsp3) is 0.222. The second kappa shape index (κ2) is 11.6. The van der Waals surface area contributed by atoms with Crippen molar-refractivity contribution in [3.63, 3.8) is 0 Å². The summed E-state index contributed by atoms with van der Waals surface area (Å²) in [6.45, 7) is 0.487. The molecular weight excluding hydrogens is 482 g/mol. The fourth-order valence-corrected chi connectivity index (χ4v) is 4.01. The first kappa shape index (κ1) is 25.1. The van der Waals surface area contributed by atoms with Crippen molar-refractivity contribution in [1.29, 1.82) is 0 Å². The summed E-state index contributed by atoms with van der Waals surface area (Å²) in [5, 5.41) is 6.04. The van der Waals surface area contributed by atoms with E-state index in [1.807, 2.05) is 24.3 Å². The van der Waals surface area contributed by atoms with Crippen LogP contribution in [0.2, 0.25) is 5.02 Å². The van der Waals surface area contributed by atoms with Crippen LogP contribution in [0.1, 0.15) is 12.0 Å². The van der Waals surface area contributed by atoms with Gasteiger partial charge in [-0.2, -0.15) is 0 Å². The largest absolute Gasteiger partial charge is 0.497 e. The summed E-state index contributed by atoms with van der Waals surface area (Å²) in [4.78, 5) is 38.9. The Morgan fingerprint density at radius 3 is 2.39 bits per heavy atom. The van der Waals surface area contributed by atoms with Crippen LogP contribution in [-0.2, 0) is 20.9 Å². The van der Waals surface area contributed by atoms with E-state index in [9.17, 15) is 14.4 Å². The van der Waals surface area contributed by atoms with Gasteiger partial charge in [-0.3, -0.25) is 14.4 Å².